The first-order valence-corrected chi connectivity index (χ1v) is 12.3. The van der Waals surface area contributed by atoms with Crippen LogP contribution >= 0.6 is 0 Å². The summed E-state index contributed by atoms with van der Waals surface area (Å²) in [6, 6.07) is 17.2. The number of pyridine rings is 1. The molecular formula is C29H31N5O. The fourth-order valence-electron chi connectivity index (χ4n) is 5.29. The Bertz CT molecular complexity index is 1410. The number of rotatable bonds is 3. The number of carbonyl (C=O) groups is 1. The van der Waals surface area contributed by atoms with E-state index in [-0.39, 0.29) is 11.3 Å². The van der Waals surface area contributed by atoms with Crippen LogP contribution in [0.4, 0.5) is 5.69 Å². The third kappa shape index (κ3) is 3.88. The van der Waals surface area contributed by atoms with Gasteiger partial charge in [-0.05, 0) is 54.1 Å². The molecule has 6 heteroatoms. The minimum Gasteiger partial charge on any atom is -0.369 e. The molecule has 4 heterocycles. The van der Waals surface area contributed by atoms with Gasteiger partial charge in [-0.25, -0.2) is 4.98 Å². The van der Waals surface area contributed by atoms with Crippen LogP contribution < -0.4 is 10.2 Å². The molecule has 0 unspecified atom stereocenters. The van der Waals surface area contributed by atoms with E-state index in [1.165, 1.54) is 5.69 Å². The molecular weight excluding hydrogens is 434 g/mol. The van der Waals surface area contributed by atoms with Gasteiger partial charge in [-0.15, -0.1) is 0 Å². The van der Waals surface area contributed by atoms with Crippen molar-refractivity contribution in [2.45, 2.75) is 19.3 Å². The Morgan fingerprint density at radius 3 is 2.40 bits per heavy atom. The van der Waals surface area contributed by atoms with Gasteiger partial charge in [0.15, 0.2) is 0 Å². The highest BCUT2D eigenvalue weighted by Gasteiger charge is 2.31. The first-order valence-electron chi connectivity index (χ1n) is 12.3. The van der Waals surface area contributed by atoms with Crippen molar-refractivity contribution >= 4 is 22.6 Å². The number of likely N-dealkylation sites (N-methyl/N-ethyl adjacent to an activating group) is 1. The molecule has 0 atom stereocenters. The fraction of sp³-hybridized carbons (Fsp3) is 0.310. The number of piperazine rings is 1. The molecule has 0 radical (unpaired) electrons. The highest BCUT2D eigenvalue weighted by molar-refractivity contribution is 6.00. The molecule has 0 spiro atoms. The number of H-pyrrole nitrogens is 1. The van der Waals surface area contributed by atoms with Gasteiger partial charge in [0.05, 0.1) is 0 Å². The van der Waals surface area contributed by atoms with Gasteiger partial charge in [0.2, 0.25) is 0 Å². The summed E-state index contributed by atoms with van der Waals surface area (Å²) in [5.41, 5.74) is 8.36. The maximum atomic E-state index is 12.4. The van der Waals surface area contributed by atoms with Crippen molar-refractivity contribution in [3.05, 3.63) is 72.1 Å². The van der Waals surface area contributed by atoms with Crippen molar-refractivity contribution in [3.63, 3.8) is 0 Å². The predicted octanol–water partition coefficient (Wildman–Crippen LogP) is 4.67. The summed E-state index contributed by atoms with van der Waals surface area (Å²) in [6.07, 6.45) is 3.96. The minimum absolute atomic E-state index is 0.00813. The van der Waals surface area contributed by atoms with E-state index in [0.717, 1.165) is 70.6 Å². The van der Waals surface area contributed by atoms with Gasteiger partial charge >= 0.3 is 0 Å². The standard InChI is InChI=1S/C29H31N5O/c1-29(2)18-32-28(35)23-9-6-20(15-26(23)29)25-17-31-27-24(25)14-21(16-30-27)19-4-7-22(8-5-19)34-12-10-33(3)11-13-34/h4-9,14-17H,10-13,18H2,1-3H3,(H,30,31)(H,32,35). The number of aromatic nitrogens is 2. The van der Waals surface area contributed by atoms with Crippen LogP contribution in [0, 0.1) is 0 Å². The van der Waals surface area contributed by atoms with Gasteiger partial charge < -0.3 is 20.1 Å². The molecule has 1 saturated heterocycles. The highest BCUT2D eigenvalue weighted by Crippen LogP contribution is 2.36. The quantitative estimate of drug-likeness (QED) is 0.462. The Labute approximate surface area is 206 Å². The second-order valence-electron chi connectivity index (χ2n) is 10.5. The summed E-state index contributed by atoms with van der Waals surface area (Å²) in [6.45, 7) is 9.33. The van der Waals surface area contributed by atoms with E-state index in [1.54, 1.807) is 0 Å². The van der Waals surface area contributed by atoms with E-state index in [9.17, 15) is 4.79 Å². The van der Waals surface area contributed by atoms with Crippen molar-refractivity contribution in [1.29, 1.82) is 0 Å². The molecule has 178 valence electrons. The third-order valence-electron chi connectivity index (χ3n) is 7.60. The molecule has 2 aromatic heterocycles. The lowest BCUT2D eigenvalue weighted by Crippen LogP contribution is -2.44. The fourth-order valence-corrected chi connectivity index (χ4v) is 5.29. The second-order valence-corrected chi connectivity index (χ2v) is 10.5. The lowest BCUT2D eigenvalue weighted by Gasteiger charge is -2.34. The number of nitrogens with one attached hydrogen (secondary N) is 2. The van der Waals surface area contributed by atoms with Crippen molar-refractivity contribution in [3.8, 4) is 22.3 Å². The molecule has 2 N–H and O–H groups in total. The Balaban J connectivity index is 1.34. The summed E-state index contributed by atoms with van der Waals surface area (Å²) in [5, 5.41) is 4.09. The summed E-state index contributed by atoms with van der Waals surface area (Å²) in [4.78, 5) is 25.3. The molecule has 1 fully saturated rings. The van der Waals surface area contributed by atoms with Gasteiger partial charge in [-0.1, -0.05) is 32.0 Å². The van der Waals surface area contributed by atoms with E-state index < -0.39 is 0 Å². The molecule has 2 aliphatic rings. The average molecular weight is 466 g/mol. The van der Waals surface area contributed by atoms with Gasteiger partial charge in [-0.2, -0.15) is 0 Å². The number of fused-ring (bicyclic) bond motifs is 2. The lowest BCUT2D eigenvalue weighted by molar-refractivity contribution is 0.0930. The largest absolute Gasteiger partial charge is 0.369 e. The number of carbonyl (C=O) groups excluding carboxylic acids is 1. The van der Waals surface area contributed by atoms with E-state index in [2.05, 4.69) is 77.4 Å². The molecule has 2 aliphatic heterocycles. The van der Waals surface area contributed by atoms with Crippen LogP contribution in [0.3, 0.4) is 0 Å². The molecule has 0 aliphatic carbocycles. The van der Waals surface area contributed by atoms with E-state index in [1.807, 2.05) is 24.5 Å². The van der Waals surface area contributed by atoms with Crippen LogP contribution in [0.25, 0.3) is 33.3 Å². The van der Waals surface area contributed by atoms with Crippen molar-refractivity contribution in [1.82, 2.24) is 20.2 Å². The Morgan fingerprint density at radius 1 is 0.886 bits per heavy atom. The molecule has 6 nitrogen and oxygen atoms in total. The number of nitrogens with zero attached hydrogens (tertiary/aromatic N) is 3. The molecule has 6 rings (SSSR count). The maximum absolute atomic E-state index is 12.4. The zero-order valence-electron chi connectivity index (χ0n) is 20.6. The maximum Gasteiger partial charge on any atom is 0.251 e. The van der Waals surface area contributed by atoms with Crippen LogP contribution in [-0.4, -0.2) is 60.5 Å². The van der Waals surface area contributed by atoms with Gasteiger partial charge in [0.1, 0.15) is 5.65 Å². The molecule has 35 heavy (non-hydrogen) atoms. The second kappa shape index (κ2) is 8.24. The van der Waals surface area contributed by atoms with Crippen molar-refractivity contribution in [2.75, 3.05) is 44.7 Å². The van der Waals surface area contributed by atoms with Crippen LogP contribution in [0.15, 0.2) is 60.9 Å². The van der Waals surface area contributed by atoms with Gasteiger partial charge in [0, 0.05) is 78.3 Å². The first kappa shape index (κ1) is 21.9. The van der Waals surface area contributed by atoms with Crippen LogP contribution in [0.1, 0.15) is 29.8 Å². The SMILES string of the molecule is CN1CCN(c2ccc(-c3cnc4[nH]cc(-c5ccc6c(c5)C(C)(C)CNC6=O)c4c3)cc2)CC1. The topological polar surface area (TPSA) is 64.3 Å². The summed E-state index contributed by atoms with van der Waals surface area (Å²) in [7, 11) is 2.18. The summed E-state index contributed by atoms with van der Waals surface area (Å²) < 4.78 is 0. The number of hydrogen-bond donors (Lipinski definition) is 2. The van der Waals surface area contributed by atoms with Crippen LogP contribution in [0.2, 0.25) is 0 Å². The average Bonchev–Trinajstić information content (AvgIpc) is 3.30. The number of amides is 1. The molecule has 2 aromatic carbocycles. The number of hydrogen-bond acceptors (Lipinski definition) is 4. The zero-order valence-corrected chi connectivity index (χ0v) is 20.6. The van der Waals surface area contributed by atoms with E-state index in [0.29, 0.717) is 6.54 Å². The lowest BCUT2D eigenvalue weighted by atomic mass is 9.78. The van der Waals surface area contributed by atoms with Gasteiger partial charge in [-0.3, -0.25) is 4.79 Å². The summed E-state index contributed by atoms with van der Waals surface area (Å²) in [5.74, 6) is 0.00813. The summed E-state index contributed by atoms with van der Waals surface area (Å²) >= 11 is 0. The zero-order chi connectivity index (χ0) is 24.2. The Hall–Kier alpha value is -3.64. The van der Waals surface area contributed by atoms with Crippen LogP contribution in [-0.2, 0) is 5.41 Å². The normalized spacial score (nSPS) is 17.9. The first-order chi connectivity index (χ1) is 16.9. The van der Waals surface area contributed by atoms with Crippen LogP contribution in [0.5, 0.6) is 0 Å². The van der Waals surface area contributed by atoms with Gasteiger partial charge in [0.25, 0.3) is 5.91 Å². The smallest absolute Gasteiger partial charge is 0.251 e. The van der Waals surface area contributed by atoms with E-state index >= 15 is 0 Å². The highest BCUT2D eigenvalue weighted by atomic mass is 16.1. The van der Waals surface area contributed by atoms with E-state index in [4.69, 9.17) is 4.98 Å². The molecule has 0 bridgehead atoms. The third-order valence-corrected chi connectivity index (χ3v) is 7.60. The van der Waals surface area contributed by atoms with Crippen molar-refractivity contribution < 1.29 is 4.79 Å². The number of aromatic amines is 1. The molecule has 0 saturated carbocycles. The Morgan fingerprint density at radius 2 is 1.63 bits per heavy atom. The molecule has 1 amide bonds. The Kier molecular flexibility index (Phi) is 5.15. The number of benzene rings is 2. The predicted molar refractivity (Wildman–Crippen MR) is 142 cm³/mol. The van der Waals surface area contributed by atoms with Crippen molar-refractivity contribution in [2.24, 2.45) is 0 Å². The number of anilines is 1. The monoisotopic (exact) mass is 465 g/mol. The molecule has 4 aromatic rings. The minimum atomic E-state index is -0.111.